The lowest BCUT2D eigenvalue weighted by Crippen LogP contribution is -2.03. The maximum Gasteiger partial charge on any atom is 0.238 e. The van der Waals surface area contributed by atoms with Crippen molar-refractivity contribution in [1.82, 2.24) is 0 Å². The molecule has 0 aliphatic carbocycles. The highest BCUT2D eigenvalue weighted by atomic mass is 16.5. The van der Waals surface area contributed by atoms with Crippen LogP contribution in [0.1, 0.15) is 5.56 Å². The minimum atomic E-state index is -0.763. The number of ether oxygens (including phenoxy) is 1. The van der Waals surface area contributed by atoms with Gasteiger partial charge < -0.3 is 24.5 Å². The Balaban J connectivity index is 2.36. The smallest absolute Gasteiger partial charge is 0.238 e. The van der Waals surface area contributed by atoms with Crippen molar-refractivity contribution in [2.24, 2.45) is 0 Å². The fraction of sp³-hybridized carbons (Fsp3) is 0.118. The molecule has 1 aromatic heterocycles. The molecular formula is C17H14O6. The molecule has 0 fully saturated rings. The van der Waals surface area contributed by atoms with E-state index in [1.165, 1.54) is 25.3 Å². The number of phenols is 2. The molecule has 1 heterocycles. The Kier molecular flexibility index (Phi) is 3.37. The molecule has 6 nitrogen and oxygen atoms in total. The molecule has 0 saturated carbocycles. The molecule has 0 bridgehead atoms. The molecule has 0 atom stereocenters. The van der Waals surface area contributed by atoms with Crippen LogP contribution in [-0.4, -0.2) is 22.4 Å². The van der Waals surface area contributed by atoms with E-state index in [9.17, 15) is 20.1 Å². The minimum absolute atomic E-state index is 0.0122. The van der Waals surface area contributed by atoms with Crippen molar-refractivity contribution in [2.75, 3.05) is 7.11 Å². The predicted molar refractivity (Wildman–Crippen MR) is 84.2 cm³/mol. The van der Waals surface area contributed by atoms with Gasteiger partial charge in [0.1, 0.15) is 28.2 Å². The summed E-state index contributed by atoms with van der Waals surface area (Å²) in [5.41, 5.74) is 0.295. The Bertz CT molecular complexity index is 971. The van der Waals surface area contributed by atoms with Crippen LogP contribution in [-0.2, 0) is 0 Å². The van der Waals surface area contributed by atoms with E-state index in [1.807, 2.05) is 0 Å². The van der Waals surface area contributed by atoms with Gasteiger partial charge in [-0.05, 0) is 18.6 Å². The lowest BCUT2D eigenvalue weighted by atomic mass is 10.1. The Hall–Kier alpha value is -3.15. The van der Waals surface area contributed by atoms with Crippen molar-refractivity contribution in [3.8, 4) is 34.3 Å². The lowest BCUT2D eigenvalue weighted by molar-refractivity contribution is 0.406. The molecule has 23 heavy (non-hydrogen) atoms. The van der Waals surface area contributed by atoms with Crippen molar-refractivity contribution in [3.05, 3.63) is 46.1 Å². The van der Waals surface area contributed by atoms with E-state index >= 15 is 0 Å². The maximum absolute atomic E-state index is 12.3. The average molecular weight is 314 g/mol. The van der Waals surface area contributed by atoms with E-state index in [1.54, 1.807) is 19.1 Å². The van der Waals surface area contributed by atoms with E-state index < -0.39 is 11.2 Å². The number of aryl methyl sites for hydroxylation is 1. The number of fused-ring (bicyclic) bond motifs is 1. The number of rotatable bonds is 2. The third-order valence-electron chi connectivity index (χ3n) is 3.63. The standard InChI is InChI=1S/C17H14O6/c1-8-3-4-9(5-11(8)18)17-16(21)15(20)14-12(19)6-10(22-2)7-13(14)23-17/h3-7,18-19,21H,1-2H3. The molecular weight excluding hydrogens is 300 g/mol. The van der Waals surface area contributed by atoms with Gasteiger partial charge in [-0.3, -0.25) is 4.79 Å². The van der Waals surface area contributed by atoms with Gasteiger partial charge in [0.15, 0.2) is 5.76 Å². The topological polar surface area (TPSA) is 100 Å². The van der Waals surface area contributed by atoms with Crippen LogP contribution in [0, 0.1) is 6.92 Å². The van der Waals surface area contributed by atoms with E-state index in [0.717, 1.165) is 0 Å². The monoisotopic (exact) mass is 314 g/mol. The van der Waals surface area contributed by atoms with E-state index in [4.69, 9.17) is 9.15 Å². The summed E-state index contributed by atoms with van der Waals surface area (Å²) in [7, 11) is 1.41. The van der Waals surface area contributed by atoms with Crippen molar-refractivity contribution in [2.45, 2.75) is 6.92 Å². The molecule has 3 rings (SSSR count). The van der Waals surface area contributed by atoms with Gasteiger partial charge in [-0.15, -0.1) is 0 Å². The molecule has 118 valence electrons. The lowest BCUT2D eigenvalue weighted by Gasteiger charge is -2.09. The van der Waals surface area contributed by atoms with Gasteiger partial charge in [0.2, 0.25) is 11.2 Å². The molecule has 0 aliphatic heterocycles. The second-order valence-electron chi connectivity index (χ2n) is 5.13. The SMILES string of the molecule is COc1cc(O)c2c(=O)c(O)c(-c3ccc(C)c(O)c3)oc2c1. The minimum Gasteiger partial charge on any atom is -0.508 e. The van der Waals surface area contributed by atoms with Crippen LogP contribution in [0.5, 0.6) is 23.0 Å². The quantitative estimate of drug-likeness (QED) is 0.672. The fourth-order valence-corrected chi connectivity index (χ4v) is 2.33. The summed E-state index contributed by atoms with van der Waals surface area (Å²) >= 11 is 0. The third-order valence-corrected chi connectivity index (χ3v) is 3.63. The van der Waals surface area contributed by atoms with Gasteiger partial charge in [0, 0.05) is 17.7 Å². The van der Waals surface area contributed by atoms with E-state index in [-0.39, 0.29) is 28.2 Å². The van der Waals surface area contributed by atoms with Crippen molar-refractivity contribution >= 4 is 11.0 Å². The Labute approximate surface area is 130 Å². The highest BCUT2D eigenvalue weighted by Gasteiger charge is 2.19. The first kappa shape index (κ1) is 14.8. The number of benzene rings is 2. The first-order valence-electron chi connectivity index (χ1n) is 6.79. The number of hydrogen-bond acceptors (Lipinski definition) is 6. The molecule has 0 unspecified atom stereocenters. The number of hydrogen-bond donors (Lipinski definition) is 3. The molecule has 0 aliphatic rings. The van der Waals surface area contributed by atoms with Gasteiger partial charge in [-0.25, -0.2) is 0 Å². The largest absolute Gasteiger partial charge is 0.508 e. The number of methoxy groups -OCH3 is 1. The first-order chi connectivity index (χ1) is 10.9. The molecule has 6 heteroatoms. The first-order valence-corrected chi connectivity index (χ1v) is 6.79. The molecule has 2 aromatic carbocycles. The third kappa shape index (κ3) is 2.34. The zero-order valence-electron chi connectivity index (χ0n) is 12.5. The van der Waals surface area contributed by atoms with Gasteiger partial charge >= 0.3 is 0 Å². The van der Waals surface area contributed by atoms with Crippen LogP contribution < -0.4 is 10.2 Å². The second-order valence-corrected chi connectivity index (χ2v) is 5.13. The zero-order valence-corrected chi connectivity index (χ0v) is 12.5. The van der Waals surface area contributed by atoms with Crippen molar-refractivity contribution in [1.29, 1.82) is 0 Å². The van der Waals surface area contributed by atoms with Crippen molar-refractivity contribution in [3.63, 3.8) is 0 Å². The van der Waals surface area contributed by atoms with Crippen molar-refractivity contribution < 1.29 is 24.5 Å². The molecule has 0 spiro atoms. The summed E-state index contributed by atoms with van der Waals surface area (Å²) in [6.45, 7) is 1.72. The van der Waals surface area contributed by atoms with Gasteiger partial charge in [-0.1, -0.05) is 12.1 Å². The highest BCUT2D eigenvalue weighted by Crippen LogP contribution is 2.36. The van der Waals surface area contributed by atoms with Crippen LogP contribution in [0.25, 0.3) is 22.3 Å². The van der Waals surface area contributed by atoms with Gasteiger partial charge in [0.05, 0.1) is 7.11 Å². The van der Waals surface area contributed by atoms with E-state index in [2.05, 4.69) is 0 Å². The maximum atomic E-state index is 12.3. The zero-order chi connectivity index (χ0) is 16.7. The van der Waals surface area contributed by atoms with Crippen LogP contribution >= 0.6 is 0 Å². The Morgan fingerprint density at radius 2 is 1.78 bits per heavy atom. The highest BCUT2D eigenvalue weighted by molar-refractivity contribution is 5.88. The average Bonchev–Trinajstić information content (AvgIpc) is 2.52. The van der Waals surface area contributed by atoms with Crippen LogP contribution in [0.4, 0.5) is 0 Å². The van der Waals surface area contributed by atoms with Crippen LogP contribution in [0.2, 0.25) is 0 Å². The molecule has 3 N–H and O–H groups in total. The summed E-state index contributed by atoms with van der Waals surface area (Å²) in [6.07, 6.45) is 0. The summed E-state index contributed by atoms with van der Waals surface area (Å²) in [5, 5.41) is 29.7. The summed E-state index contributed by atoms with van der Waals surface area (Å²) in [4.78, 5) is 12.3. The second kappa shape index (κ2) is 5.24. The van der Waals surface area contributed by atoms with E-state index in [0.29, 0.717) is 16.9 Å². The molecule has 0 radical (unpaired) electrons. The normalized spacial score (nSPS) is 10.9. The molecule has 0 saturated heterocycles. The molecule has 0 amide bonds. The Morgan fingerprint density at radius 1 is 1.04 bits per heavy atom. The summed E-state index contributed by atoms with van der Waals surface area (Å²) in [5.74, 6) is -0.756. The molecule has 3 aromatic rings. The number of phenolic OH excluding ortho intramolecular Hbond substituents is 2. The van der Waals surface area contributed by atoms with Gasteiger partial charge in [-0.2, -0.15) is 0 Å². The summed E-state index contributed by atoms with van der Waals surface area (Å²) < 4.78 is 10.6. The predicted octanol–water partition coefficient (Wildman–Crippen LogP) is 2.89. The fourth-order valence-electron chi connectivity index (χ4n) is 2.33. The van der Waals surface area contributed by atoms with Crippen LogP contribution in [0.3, 0.4) is 0 Å². The van der Waals surface area contributed by atoms with Crippen LogP contribution in [0.15, 0.2) is 39.5 Å². The Morgan fingerprint density at radius 3 is 2.43 bits per heavy atom. The number of aromatic hydroxyl groups is 3. The van der Waals surface area contributed by atoms with Gasteiger partial charge in [0.25, 0.3) is 0 Å². The summed E-state index contributed by atoms with van der Waals surface area (Å²) in [6, 6.07) is 7.33.